The van der Waals surface area contributed by atoms with Gasteiger partial charge in [-0.05, 0) is 100 Å². The Morgan fingerprint density at radius 3 is 2.51 bits per heavy atom. The highest BCUT2D eigenvalue weighted by molar-refractivity contribution is 9.10. The van der Waals surface area contributed by atoms with E-state index in [-0.39, 0.29) is 11.5 Å². The van der Waals surface area contributed by atoms with Gasteiger partial charge in [0, 0.05) is 5.69 Å². The molecule has 0 saturated carbocycles. The zero-order valence-corrected chi connectivity index (χ0v) is 24.2. The summed E-state index contributed by atoms with van der Waals surface area (Å²) >= 11 is 16.3. The van der Waals surface area contributed by atoms with Crippen LogP contribution < -0.4 is 14.8 Å². The lowest BCUT2D eigenvalue weighted by Crippen LogP contribution is -2.36. The monoisotopic (exact) mass is 652 g/mol. The van der Waals surface area contributed by atoms with Crippen molar-refractivity contribution < 1.29 is 28.2 Å². The van der Waals surface area contributed by atoms with E-state index in [4.69, 9.17) is 32.7 Å². The Morgan fingerprint density at radius 2 is 1.82 bits per heavy atom. The van der Waals surface area contributed by atoms with Crippen LogP contribution in [0.2, 0.25) is 10.0 Å². The van der Waals surface area contributed by atoms with E-state index in [2.05, 4.69) is 21.2 Å². The van der Waals surface area contributed by atoms with E-state index >= 15 is 0 Å². The highest BCUT2D eigenvalue weighted by Crippen LogP contribution is 2.40. The average Bonchev–Trinajstić information content (AvgIpc) is 3.14. The van der Waals surface area contributed by atoms with Crippen LogP contribution in [0.15, 0.2) is 64.0 Å². The first-order valence-electron chi connectivity index (χ1n) is 11.5. The van der Waals surface area contributed by atoms with Crippen LogP contribution >= 0.6 is 50.9 Å². The molecule has 7 nitrogen and oxygen atoms in total. The Hall–Kier alpha value is -3.05. The number of ether oxygens (including phenoxy) is 2. The predicted octanol–water partition coefficient (Wildman–Crippen LogP) is 7.55. The highest BCUT2D eigenvalue weighted by Gasteiger charge is 2.36. The van der Waals surface area contributed by atoms with Crippen LogP contribution in [-0.2, 0) is 16.2 Å². The second-order valence-electron chi connectivity index (χ2n) is 8.12. The lowest BCUT2D eigenvalue weighted by atomic mass is 10.1. The molecule has 3 amide bonds. The molecule has 0 spiro atoms. The number of thioether (sulfide) groups is 1. The zero-order valence-electron chi connectivity index (χ0n) is 20.3. The van der Waals surface area contributed by atoms with Crippen molar-refractivity contribution in [2.75, 3.05) is 18.5 Å². The Kier molecular flexibility index (Phi) is 9.55. The summed E-state index contributed by atoms with van der Waals surface area (Å²) in [5.74, 6) is -0.765. The van der Waals surface area contributed by atoms with Gasteiger partial charge in [0.2, 0.25) is 5.91 Å². The number of halogens is 4. The second kappa shape index (κ2) is 12.9. The van der Waals surface area contributed by atoms with Crippen LogP contribution in [0.4, 0.5) is 14.9 Å². The van der Waals surface area contributed by atoms with Crippen molar-refractivity contribution in [2.24, 2.45) is 0 Å². The minimum absolute atomic E-state index is 0.147. The standard InChI is InChI=1S/C27H20BrCl2FN2O5S/c1-2-37-22-11-16(9-19(28)25(22)38-14-15-3-8-20(29)21(30)10-15)12-23-26(35)33(27(36)39-23)13-24(34)32-18-6-4-17(31)5-7-18/h3-12H,2,13-14H2,1H3,(H,32,34)/b23-12-. The number of hydrogen-bond donors (Lipinski definition) is 1. The van der Waals surface area contributed by atoms with Crippen molar-refractivity contribution >= 4 is 79.7 Å². The van der Waals surface area contributed by atoms with E-state index < -0.39 is 29.4 Å². The molecule has 0 radical (unpaired) electrons. The average molecular weight is 654 g/mol. The Labute approximate surface area is 246 Å². The first kappa shape index (κ1) is 28.9. The molecule has 1 aliphatic heterocycles. The molecule has 1 heterocycles. The first-order valence-corrected chi connectivity index (χ1v) is 13.8. The number of nitrogens with one attached hydrogen (secondary N) is 1. The molecule has 0 aromatic heterocycles. The van der Waals surface area contributed by atoms with Gasteiger partial charge < -0.3 is 14.8 Å². The molecule has 4 rings (SSSR count). The summed E-state index contributed by atoms with van der Waals surface area (Å²) < 4.78 is 25.4. The van der Waals surface area contributed by atoms with E-state index in [0.717, 1.165) is 22.2 Å². The maximum absolute atomic E-state index is 13.1. The lowest BCUT2D eigenvalue weighted by molar-refractivity contribution is -0.127. The number of imide groups is 1. The number of nitrogens with zero attached hydrogens (tertiary/aromatic N) is 1. The molecule has 0 aliphatic carbocycles. The fraction of sp³-hybridized carbons (Fsp3) is 0.148. The van der Waals surface area contributed by atoms with Crippen LogP contribution in [0.1, 0.15) is 18.1 Å². The molecule has 1 N–H and O–H groups in total. The van der Waals surface area contributed by atoms with Gasteiger partial charge >= 0.3 is 0 Å². The molecule has 1 fully saturated rings. The molecular weight excluding hydrogens is 634 g/mol. The van der Waals surface area contributed by atoms with Crippen LogP contribution in [0.5, 0.6) is 11.5 Å². The zero-order chi connectivity index (χ0) is 28.1. The van der Waals surface area contributed by atoms with Crippen molar-refractivity contribution in [2.45, 2.75) is 13.5 Å². The second-order valence-corrected chi connectivity index (χ2v) is 10.8. The molecule has 202 valence electrons. The van der Waals surface area contributed by atoms with Gasteiger partial charge in [-0.25, -0.2) is 4.39 Å². The van der Waals surface area contributed by atoms with Crippen LogP contribution in [0, 0.1) is 5.82 Å². The van der Waals surface area contributed by atoms with E-state index in [9.17, 15) is 18.8 Å². The molecule has 39 heavy (non-hydrogen) atoms. The molecule has 3 aromatic carbocycles. The van der Waals surface area contributed by atoms with Crippen LogP contribution in [-0.4, -0.2) is 35.1 Å². The number of carbonyl (C=O) groups excluding carboxylic acids is 3. The summed E-state index contributed by atoms with van der Waals surface area (Å²) in [6, 6.07) is 13.8. The number of rotatable bonds is 9. The number of benzene rings is 3. The third-order valence-electron chi connectivity index (χ3n) is 5.30. The molecule has 3 aromatic rings. The van der Waals surface area contributed by atoms with Gasteiger partial charge in [-0.3, -0.25) is 19.3 Å². The third kappa shape index (κ3) is 7.33. The largest absolute Gasteiger partial charge is 0.490 e. The van der Waals surface area contributed by atoms with Crippen molar-refractivity contribution in [3.05, 3.63) is 91.0 Å². The summed E-state index contributed by atoms with van der Waals surface area (Å²) in [5.41, 5.74) is 1.73. The summed E-state index contributed by atoms with van der Waals surface area (Å²) in [5, 5.41) is 2.82. The van der Waals surface area contributed by atoms with Crippen molar-refractivity contribution in [1.82, 2.24) is 4.90 Å². The van der Waals surface area contributed by atoms with Gasteiger partial charge in [0.15, 0.2) is 11.5 Å². The maximum Gasteiger partial charge on any atom is 0.294 e. The molecular formula is C27H20BrCl2FN2O5S. The quantitative estimate of drug-likeness (QED) is 0.240. The van der Waals surface area contributed by atoms with E-state index in [1.807, 2.05) is 6.92 Å². The fourth-order valence-corrected chi connectivity index (χ4v) is 5.26. The van der Waals surface area contributed by atoms with Crippen LogP contribution in [0.25, 0.3) is 6.08 Å². The van der Waals surface area contributed by atoms with Gasteiger partial charge in [0.1, 0.15) is 19.0 Å². The molecule has 0 bridgehead atoms. The normalized spacial score (nSPS) is 14.2. The van der Waals surface area contributed by atoms with Gasteiger partial charge in [-0.2, -0.15) is 0 Å². The Morgan fingerprint density at radius 1 is 1.08 bits per heavy atom. The third-order valence-corrected chi connectivity index (χ3v) is 7.54. The summed E-state index contributed by atoms with van der Waals surface area (Å²) in [6.45, 7) is 1.91. The van der Waals surface area contributed by atoms with E-state index in [0.29, 0.717) is 43.9 Å². The lowest BCUT2D eigenvalue weighted by Gasteiger charge is -2.15. The van der Waals surface area contributed by atoms with Gasteiger partial charge in [0.05, 0.1) is 26.0 Å². The highest BCUT2D eigenvalue weighted by atomic mass is 79.9. The molecule has 12 heteroatoms. The van der Waals surface area contributed by atoms with Crippen molar-refractivity contribution in [3.63, 3.8) is 0 Å². The van der Waals surface area contributed by atoms with Gasteiger partial charge in [0.25, 0.3) is 11.1 Å². The molecule has 1 saturated heterocycles. The first-order chi connectivity index (χ1) is 18.6. The fourth-order valence-electron chi connectivity index (χ4n) is 3.52. The SMILES string of the molecule is CCOc1cc(/C=C2\SC(=O)N(CC(=O)Nc3ccc(F)cc3)C2=O)cc(Br)c1OCc1ccc(Cl)c(Cl)c1. The smallest absolute Gasteiger partial charge is 0.294 e. The van der Waals surface area contributed by atoms with E-state index in [1.165, 1.54) is 24.3 Å². The Balaban J connectivity index is 1.48. The van der Waals surface area contributed by atoms with Gasteiger partial charge in [-0.1, -0.05) is 29.3 Å². The molecule has 0 unspecified atom stereocenters. The number of amides is 3. The molecule has 1 aliphatic rings. The van der Waals surface area contributed by atoms with Crippen molar-refractivity contribution in [1.29, 1.82) is 0 Å². The minimum Gasteiger partial charge on any atom is -0.490 e. The number of hydrogen-bond acceptors (Lipinski definition) is 6. The van der Waals surface area contributed by atoms with E-state index in [1.54, 1.807) is 36.4 Å². The summed E-state index contributed by atoms with van der Waals surface area (Å²) in [7, 11) is 0. The number of carbonyl (C=O) groups is 3. The topological polar surface area (TPSA) is 84.9 Å². The van der Waals surface area contributed by atoms with Crippen LogP contribution in [0.3, 0.4) is 0 Å². The molecule has 0 atom stereocenters. The van der Waals surface area contributed by atoms with Gasteiger partial charge in [-0.15, -0.1) is 0 Å². The number of anilines is 1. The maximum atomic E-state index is 13.1. The summed E-state index contributed by atoms with van der Waals surface area (Å²) in [4.78, 5) is 38.8. The minimum atomic E-state index is -0.603. The summed E-state index contributed by atoms with van der Waals surface area (Å²) in [6.07, 6.45) is 1.54. The Bertz CT molecular complexity index is 1470. The predicted molar refractivity (Wildman–Crippen MR) is 154 cm³/mol. The van der Waals surface area contributed by atoms with Crippen molar-refractivity contribution in [3.8, 4) is 11.5 Å².